The van der Waals surface area contributed by atoms with E-state index in [1.165, 1.54) is 12.1 Å². The Balaban J connectivity index is 2.26. The van der Waals surface area contributed by atoms with Crippen LogP contribution in [0.4, 0.5) is 8.78 Å². The van der Waals surface area contributed by atoms with Crippen LogP contribution in [0, 0.1) is 0 Å². The summed E-state index contributed by atoms with van der Waals surface area (Å²) in [5.74, 6) is 0.571. The number of fused-ring (bicyclic) bond motifs is 1. The van der Waals surface area contributed by atoms with Gasteiger partial charge < -0.3 is 9.47 Å². The maximum absolute atomic E-state index is 12.6. The van der Waals surface area contributed by atoms with Crippen molar-refractivity contribution in [2.24, 2.45) is 0 Å². The molecule has 0 aliphatic carbocycles. The fraction of sp³-hybridized carbons (Fsp3) is 0.333. The normalized spacial score (nSPS) is 17.1. The number of benzene rings is 1. The molecular formula is C9H7ClF2O2. The summed E-state index contributed by atoms with van der Waals surface area (Å²) >= 11 is 5.52. The second kappa shape index (κ2) is 3.28. The lowest BCUT2D eigenvalue weighted by Crippen LogP contribution is -2.25. The fourth-order valence-corrected chi connectivity index (χ4v) is 1.48. The van der Waals surface area contributed by atoms with Crippen molar-refractivity contribution in [3.8, 4) is 11.5 Å². The molecule has 2 nitrogen and oxygen atoms in total. The molecule has 1 aromatic carbocycles. The molecule has 0 fully saturated rings. The smallest absolute Gasteiger partial charge is 0.395 e. The van der Waals surface area contributed by atoms with Crippen LogP contribution in [0.3, 0.4) is 0 Å². The van der Waals surface area contributed by atoms with Crippen LogP contribution in [-0.4, -0.2) is 12.2 Å². The second-order valence-electron chi connectivity index (χ2n) is 2.89. The summed E-state index contributed by atoms with van der Waals surface area (Å²) in [4.78, 5) is 0. The molecule has 5 heteroatoms. The van der Waals surface area contributed by atoms with E-state index in [1.54, 1.807) is 6.07 Å². The summed E-state index contributed by atoms with van der Waals surface area (Å²) in [5, 5.41) is 0. The SMILES string of the molecule is FC1(F)Oc2ccc(CCCl)cc2O1. The van der Waals surface area contributed by atoms with Crippen LogP contribution in [0.5, 0.6) is 11.5 Å². The van der Waals surface area contributed by atoms with Crippen molar-refractivity contribution in [2.75, 3.05) is 5.88 Å². The molecule has 1 aliphatic heterocycles. The first-order valence-corrected chi connectivity index (χ1v) is 4.59. The van der Waals surface area contributed by atoms with E-state index < -0.39 is 6.29 Å². The molecule has 0 unspecified atom stereocenters. The monoisotopic (exact) mass is 220 g/mol. The molecule has 2 rings (SSSR count). The highest BCUT2D eigenvalue weighted by molar-refractivity contribution is 6.17. The molecule has 14 heavy (non-hydrogen) atoms. The molecule has 0 aromatic heterocycles. The average Bonchev–Trinajstić information content (AvgIpc) is 2.38. The lowest BCUT2D eigenvalue weighted by molar-refractivity contribution is -0.286. The van der Waals surface area contributed by atoms with E-state index in [9.17, 15) is 8.78 Å². The Morgan fingerprint density at radius 2 is 1.93 bits per heavy atom. The van der Waals surface area contributed by atoms with Crippen molar-refractivity contribution < 1.29 is 18.3 Å². The summed E-state index contributed by atoms with van der Waals surface area (Å²) in [6.45, 7) is 0. The van der Waals surface area contributed by atoms with Crippen LogP contribution >= 0.6 is 11.6 Å². The van der Waals surface area contributed by atoms with Gasteiger partial charge in [-0.2, -0.15) is 0 Å². The van der Waals surface area contributed by atoms with Gasteiger partial charge in [0.1, 0.15) is 0 Å². The molecule has 0 atom stereocenters. The summed E-state index contributed by atoms with van der Waals surface area (Å²) < 4.78 is 33.7. The van der Waals surface area contributed by atoms with Gasteiger partial charge >= 0.3 is 6.29 Å². The van der Waals surface area contributed by atoms with Crippen LogP contribution in [-0.2, 0) is 6.42 Å². The number of halogens is 3. The third-order valence-corrected chi connectivity index (χ3v) is 2.04. The lowest BCUT2D eigenvalue weighted by Gasteiger charge is -2.04. The Bertz CT molecular complexity index is 355. The van der Waals surface area contributed by atoms with Gasteiger partial charge in [-0.1, -0.05) is 6.07 Å². The van der Waals surface area contributed by atoms with Crippen LogP contribution in [0.1, 0.15) is 5.56 Å². The molecule has 0 radical (unpaired) electrons. The van der Waals surface area contributed by atoms with E-state index in [0.717, 1.165) is 5.56 Å². The minimum Gasteiger partial charge on any atom is -0.395 e. The molecule has 76 valence electrons. The highest BCUT2D eigenvalue weighted by atomic mass is 35.5. The summed E-state index contributed by atoms with van der Waals surface area (Å²) in [6.07, 6.45) is -2.92. The predicted molar refractivity (Wildman–Crippen MR) is 47.1 cm³/mol. The minimum absolute atomic E-state index is 0.0633. The molecule has 1 aromatic rings. The van der Waals surface area contributed by atoms with E-state index in [0.29, 0.717) is 12.3 Å². The molecule has 0 bridgehead atoms. The molecule has 0 saturated carbocycles. The topological polar surface area (TPSA) is 18.5 Å². The first kappa shape index (κ1) is 9.52. The number of aryl methyl sites for hydroxylation is 1. The zero-order valence-corrected chi connectivity index (χ0v) is 7.85. The van der Waals surface area contributed by atoms with E-state index in [2.05, 4.69) is 9.47 Å². The van der Waals surface area contributed by atoms with Gasteiger partial charge in [-0.05, 0) is 24.1 Å². The van der Waals surface area contributed by atoms with E-state index in [-0.39, 0.29) is 11.5 Å². The molecular weight excluding hydrogens is 214 g/mol. The van der Waals surface area contributed by atoms with Crippen molar-refractivity contribution in [1.29, 1.82) is 0 Å². The van der Waals surface area contributed by atoms with E-state index in [4.69, 9.17) is 11.6 Å². The third kappa shape index (κ3) is 1.75. The van der Waals surface area contributed by atoms with Gasteiger partial charge in [-0.25, -0.2) is 0 Å². The standard InChI is InChI=1S/C9H7ClF2O2/c10-4-3-6-1-2-7-8(5-6)14-9(11,12)13-7/h1-2,5H,3-4H2. The predicted octanol–water partition coefficient (Wildman–Crippen LogP) is 2.79. The minimum atomic E-state index is -3.54. The molecule has 0 amide bonds. The van der Waals surface area contributed by atoms with Gasteiger partial charge in [0, 0.05) is 5.88 Å². The first-order valence-electron chi connectivity index (χ1n) is 4.05. The number of hydrogen-bond acceptors (Lipinski definition) is 2. The number of alkyl halides is 3. The van der Waals surface area contributed by atoms with Crippen molar-refractivity contribution >= 4 is 11.6 Å². The summed E-state index contributed by atoms with van der Waals surface area (Å²) in [6, 6.07) is 4.66. The van der Waals surface area contributed by atoms with Gasteiger partial charge in [0.2, 0.25) is 0 Å². The van der Waals surface area contributed by atoms with Crippen LogP contribution in [0.15, 0.2) is 18.2 Å². The average molecular weight is 221 g/mol. The largest absolute Gasteiger partial charge is 0.586 e. The number of rotatable bonds is 2. The van der Waals surface area contributed by atoms with Gasteiger partial charge in [0.25, 0.3) is 0 Å². The number of hydrogen-bond donors (Lipinski definition) is 0. The van der Waals surface area contributed by atoms with Gasteiger partial charge in [-0.3, -0.25) is 0 Å². The molecule has 0 N–H and O–H groups in total. The molecule has 1 heterocycles. The van der Waals surface area contributed by atoms with E-state index in [1.807, 2.05) is 0 Å². The van der Waals surface area contributed by atoms with Crippen molar-refractivity contribution in [3.05, 3.63) is 23.8 Å². The molecule has 0 spiro atoms. The Hall–Kier alpha value is -1.03. The zero-order valence-electron chi connectivity index (χ0n) is 7.10. The number of ether oxygens (including phenoxy) is 2. The highest BCUT2D eigenvalue weighted by Crippen LogP contribution is 2.41. The Kier molecular flexibility index (Phi) is 2.23. The van der Waals surface area contributed by atoms with Crippen molar-refractivity contribution in [2.45, 2.75) is 12.7 Å². The van der Waals surface area contributed by atoms with Gasteiger partial charge in [0.15, 0.2) is 11.5 Å². The third-order valence-electron chi connectivity index (χ3n) is 1.85. The summed E-state index contributed by atoms with van der Waals surface area (Å²) in [5.41, 5.74) is 0.847. The van der Waals surface area contributed by atoms with Gasteiger partial charge in [-0.15, -0.1) is 20.4 Å². The highest BCUT2D eigenvalue weighted by Gasteiger charge is 2.43. The lowest BCUT2D eigenvalue weighted by atomic mass is 10.1. The summed E-state index contributed by atoms with van der Waals surface area (Å²) in [7, 11) is 0. The maximum atomic E-state index is 12.6. The van der Waals surface area contributed by atoms with Crippen LogP contribution < -0.4 is 9.47 Å². The zero-order chi connectivity index (χ0) is 10.2. The van der Waals surface area contributed by atoms with Crippen LogP contribution in [0.25, 0.3) is 0 Å². The Morgan fingerprint density at radius 3 is 2.64 bits per heavy atom. The van der Waals surface area contributed by atoms with Crippen molar-refractivity contribution in [3.63, 3.8) is 0 Å². The quantitative estimate of drug-likeness (QED) is 0.714. The van der Waals surface area contributed by atoms with Crippen molar-refractivity contribution in [1.82, 2.24) is 0 Å². The molecule has 0 saturated heterocycles. The maximum Gasteiger partial charge on any atom is 0.586 e. The Morgan fingerprint density at radius 1 is 1.21 bits per heavy atom. The first-order chi connectivity index (χ1) is 6.61. The van der Waals surface area contributed by atoms with Gasteiger partial charge in [0.05, 0.1) is 0 Å². The molecule has 1 aliphatic rings. The van der Waals surface area contributed by atoms with Crippen LogP contribution in [0.2, 0.25) is 0 Å². The fourth-order valence-electron chi connectivity index (χ4n) is 1.26. The van der Waals surface area contributed by atoms with E-state index >= 15 is 0 Å². The second-order valence-corrected chi connectivity index (χ2v) is 3.27. The Labute approximate surface area is 84.4 Å².